The average molecular weight is 329 g/mol. The van der Waals surface area contributed by atoms with Crippen LogP contribution in [-0.2, 0) is 11.3 Å². The first-order valence-electron chi connectivity index (χ1n) is 7.48. The van der Waals surface area contributed by atoms with Gasteiger partial charge in [-0.05, 0) is 36.7 Å². The lowest BCUT2D eigenvalue weighted by Gasteiger charge is -2.61. The number of alkyl halides is 3. The molecular weight excluding hydrogens is 311 g/mol. The lowest BCUT2D eigenvalue weighted by atomic mass is 9.48. The number of hydrogen-bond acceptors (Lipinski definition) is 3. The molecule has 2 saturated carbocycles. The molecule has 0 atom stereocenters. The minimum atomic E-state index is -4.58. The molecule has 2 aliphatic rings. The van der Waals surface area contributed by atoms with E-state index >= 15 is 0 Å². The maximum Gasteiger partial charge on any atom is 0.417 e. The summed E-state index contributed by atoms with van der Waals surface area (Å²) in [4.78, 5) is 11.7. The molecule has 3 rings (SSSR count). The second kappa shape index (κ2) is 5.40. The van der Waals surface area contributed by atoms with Crippen LogP contribution >= 0.6 is 0 Å². The minimum Gasteiger partial charge on any atom is -0.445 e. The quantitative estimate of drug-likeness (QED) is 0.896. The molecule has 2 aliphatic carbocycles. The first kappa shape index (κ1) is 16.1. The second-order valence-electron chi connectivity index (χ2n) is 6.69. The summed E-state index contributed by atoms with van der Waals surface area (Å²) >= 11 is 0. The van der Waals surface area contributed by atoms with Crippen molar-refractivity contribution in [1.82, 2.24) is 5.32 Å². The van der Waals surface area contributed by atoms with Gasteiger partial charge in [-0.15, -0.1) is 0 Å². The van der Waals surface area contributed by atoms with E-state index in [1.165, 1.54) is 0 Å². The van der Waals surface area contributed by atoms with E-state index in [2.05, 4.69) is 5.32 Å². The Morgan fingerprint density at radius 1 is 1.26 bits per heavy atom. The molecule has 2 N–H and O–H groups in total. The Bertz CT molecular complexity index is 574. The first-order valence-corrected chi connectivity index (χ1v) is 7.48. The molecular formula is C16H18F3NO3. The van der Waals surface area contributed by atoms with Crippen LogP contribution in [0, 0.1) is 5.41 Å². The van der Waals surface area contributed by atoms with Gasteiger partial charge in [0.1, 0.15) is 6.61 Å². The summed E-state index contributed by atoms with van der Waals surface area (Å²) in [6, 6.07) is 9.01. The van der Waals surface area contributed by atoms with Crippen LogP contribution in [0.25, 0.3) is 0 Å². The number of aliphatic hydroxyl groups is 1. The van der Waals surface area contributed by atoms with E-state index < -0.39 is 23.3 Å². The third-order valence-corrected chi connectivity index (χ3v) is 4.76. The van der Waals surface area contributed by atoms with Crippen molar-refractivity contribution in [3.63, 3.8) is 0 Å². The average Bonchev–Trinajstić information content (AvgIpc) is 2.41. The summed E-state index contributed by atoms with van der Waals surface area (Å²) < 4.78 is 42.9. The topological polar surface area (TPSA) is 58.6 Å². The van der Waals surface area contributed by atoms with Crippen molar-refractivity contribution >= 4 is 6.09 Å². The van der Waals surface area contributed by atoms with Gasteiger partial charge in [0.05, 0.1) is 0 Å². The van der Waals surface area contributed by atoms with Gasteiger partial charge in [-0.25, -0.2) is 4.79 Å². The molecule has 0 saturated heterocycles. The number of alkyl carbamates (subject to hydrolysis) is 1. The van der Waals surface area contributed by atoms with Gasteiger partial charge in [0, 0.05) is 6.04 Å². The van der Waals surface area contributed by atoms with Crippen LogP contribution in [0.4, 0.5) is 18.0 Å². The van der Waals surface area contributed by atoms with E-state index in [1.54, 1.807) is 0 Å². The molecule has 1 aromatic rings. The van der Waals surface area contributed by atoms with Crippen LogP contribution in [0.1, 0.15) is 31.2 Å². The molecule has 4 nitrogen and oxygen atoms in total. The molecule has 2 fully saturated rings. The Hall–Kier alpha value is -1.76. The molecule has 0 unspecified atom stereocenters. The van der Waals surface area contributed by atoms with Crippen LogP contribution in [0.2, 0.25) is 0 Å². The van der Waals surface area contributed by atoms with Gasteiger partial charge in [-0.2, -0.15) is 13.2 Å². The Balaban J connectivity index is 1.39. The number of hydrogen-bond donors (Lipinski definition) is 2. The van der Waals surface area contributed by atoms with Crippen molar-refractivity contribution in [2.45, 2.75) is 50.1 Å². The Labute approximate surface area is 131 Å². The Morgan fingerprint density at radius 2 is 1.87 bits per heavy atom. The monoisotopic (exact) mass is 329 g/mol. The SMILES string of the molecule is O=C(NC1CC2(C1)CC(O)(C(F)(F)F)C2)OCc1ccccc1. The van der Waals surface area contributed by atoms with Crippen molar-refractivity contribution in [2.24, 2.45) is 5.41 Å². The van der Waals surface area contributed by atoms with Crippen LogP contribution in [0.3, 0.4) is 0 Å². The third kappa shape index (κ3) is 3.15. The van der Waals surface area contributed by atoms with Crippen molar-refractivity contribution < 1.29 is 27.8 Å². The normalized spacial score (nSPS) is 32.8. The highest BCUT2D eigenvalue weighted by Gasteiger charge is 2.69. The highest BCUT2D eigenvalue weighted by Crippen LogP contribution is 2.64. The fraction of sp³-hybridized carbons (Fsp3) is 0.562. The summed E-state index contributed by atoms with van der Waals surface area (Å²) in [5.74, 6) is 0. The lowest BCUT2D eigenvalue weighted by molar-refractivity contribution is -0.328. The van der Waals surface area contributed by atoms with E-state index in [0.717, 1.165) is 5.56 Å². The van der Waals surface area contributed by atoms with E-state index in [9.17, 15) is 23.1 Å². The number of amides is 1. The van der Waals surface area contributed by atoms with Crippen LogP contribution in [-0.4, -0.2) is 29.0 Å². The molecule has 0 aliphatic heterocycles. The molecule has 7 heteroatoms. The van der Waals surface area contributed by atoms with E-state index in [4.69, 9.17) is 4.74 Å². The van der Waals surface area contributed by atoms with Gasteiger partial charge < -0.3 is 15.2 Å². The molecule has 0 heterocycles. The number of benzene rings is 1. The lowest BCUT2D eigenvalue weighted by Crippen LogP contribution is -2.67. The summed E-state index contributed by atoms with van der Waals surface area (Å²) in [5, 5.41) is 12.1. The first-order chi connectivity index (χ1) is 10.7. The number of halogens is 3. The molecule has 0 radical (unpaired) electrons. The smallest absolute Gasteiger partial charge is 0.417 e. The number of ether oxygens (including phenoxy) is 1. The van der Waals surface area contributed by atoms with Gasteiger partial charge in [-0.1, -0.05) is 30.3 Å². The summed E-state index contributed by atoms with van der Waals surface area (Å²) in [7, 11) is 0. The molecule has 1 aromatic carbocycles. The fourth-order valence-electron chi connectivity index (χ4n) is 3.70. The predicted molar refractivity (Wildman–Crippen MR) is 75.5 cm³/mol. The molecule has 0 aromatic heterocycles. The minimum absolute atomic E-state index is 0.151. The summed E-state index contributed by atoms with van der Waals surface area (Å²) in [5.41, 5.74) is -2.17. The van der Waals surface area contributed by atoms with Gasteiger partial charge in [0.2, 0.25) is 0 Å². The van der Waals surface area contributed by atoms with Gasteiger partial charge in [0.15, 0.2) is 5.60 Å². The number of carbonyl (C=O) groups is 1. The zero-order valence-corrected chi connectivity index (χ0v) is 12.4. The highest BCUT2D eigenvalue weighted by molar-refractivity contribution is 5.67. The van der Waals surface area contributed by atoms with E-state index in [0.29, 0.717) is 12.8 Å². The van der Waals surface area contributed by atoms with Gasteiger partial charge in [-0.3, -0.25) is 0 Å². The number of nitrogens with one attached hydrogen (secondary N) is 1. The maximum absolute atomic E-state index is 12.6. The van der Waals surface area contributed by atoms with Crippen LogP contribution in [0.15, 0.2) is 30.3 Å². The second-order valence-corrected chi connectivity index (χ2v) is 6.69. The zero-order chi connectivity index (χ0) is 16.7. The van der Waals surface area contributed by atoms with Gasteiger partial charge in [0.25, 0.3) is 0 Å². The van der Waals surface area contributed by atoms with Crippen LogP contribution in [0.5, 0.6) is 0 Å². The molecule has 0 bridgehead atoms. The Morgan fingerprint density at radius 3 is 2.43 bits per heavy atom. The van der Waals surface area contributed by atoms with Crippen molar-refractivity contribution in [1.29, 1.82) is 0 Å². The largest absolute Gasteiger partial charge is 0.445 e. The molecule has 1 spiro atoms. The van der Waals surface area contributed by atoms with E-state index in [-0.39, 0.29) is 25.5 Å². The molecule has 1 amide bonds. The molecule has 126 valence electrons. The summed E-state index contributed by atoms with van der Waals surface area (Å²) in [6.07, 6.45) is -4.80. The number of carbonyl (C=O) groups excluding carboxylic acids is 1. The van der Waals surface area contributed by atoms with Gasteiger partial charge >= 0.3 is 12.3 Å². The van der Waals surface area contributed by atoms with Crippen LogP contribution < -0.4 is 5.32 Å². The Kier molecular flexibility index (Phi) is 3.78. The highest BCUT2D eigenvalue weighted by atomic mass is 19.4. The van der Waals surface area contributed by atoms with Crippen molar-refractivity contribution in [2.75, 3.05) is 0 Å². The van der Waals surface area contributed by atoms with Crippen molar-refractivity contribution in [3.8, 4) is 0 Å². The van der Waals surface area contributed by atoms with E-state index in [1.807, 2.05) is 30.3 Å². The maximum atomic E-state index is 12.6. The van der Waals surface area contributed by atoms with Crippen molar-refractivity contribution in [3.05, 3.63) is 35.9 Å². The predicted octanol–water partition coefficient (Wildman–Crippen LogP) is 3.15. The zero-order valence-electron chi connectivity index (χ0n) is 12.4. The third-order valence-electron chi connectivity index (χ3n) is 4.76. The summed E-state index contributed by atoms with van der Waals surface area (Å²) in [6.45, 7) is 0.151. The standard InChI is InChI=1S/C16H18F3NO3/c17-16(18,19)15(22)9-14(10-15)6-12(7-14)20-13(21)23-8-11-4-2-1-3-5-11/h1-5,12,22H,6-10H2,(H,20,21). The molecule has 23 heavy (non-hydrogen) atoms. The number of rotatable bonds is 3. The fourth-order valence-corrected chi connectivity index (χ4v) is 3.70.